The third-order valence-corrected chi connectivity index (χ3v) is 8.01. The maximum absolute atomic E-state index is 14.5. The average Bonchev–Trinajstić information content (AvgIpc) is 2.91. The third kappa shape index (κ3) is 11.6. The molecular formula is C33H51N3O4S. The summed E-state index contributed by atoms with van der Waals surface area (Å²) in [7, 11) is 0. The summed E-state index contributed by atoms with van der Waals surface area (Å²) in [5.41, 5.74) is 0.695. The Labute approximate surface area is 252 Å². The number of nitrogens with zero attached hydrogens (tertiary/aromatic N) is 1. The van der Waals surface area contributed by atoms with Crippen LogP contribution >= 0.6 is 11.8 Å². The molecule has 0 aromatic heterocycles. The van der Waals surface area contributed by atoms with Gasteiger partial charge in [-0.15, -0.1) is 6.42 Å². The minimum atomic E-state index is -0.865. The largest absolute Gasteiger partial charge is 0.444 e. The van der Waals surface area contributed by atoms with E-state index in [0.717, 1.165) is 38.5 Å². The zero-order chi connectivity index (χ0) is 30.6. The van der Waals surface area contributed by atoms with Gasteiger partial charge in [0.05, 0.1) is 0 Å². The molecule has 3 atom stereocenters. The van der Waals surface area contributed by atoms with Gasteiger partial charge in [0.25, 0.3) is 0 Å². The van der Waals surface area contributed by atoms with E-state index in [1.807, 2.05) is 37.4 Å². The second-order valence-corrected chi connectivity index (χ2v) is 13.5. The number of ether oxygens (including phenoxy) is 1. The predicted molar refractivity (Wildman–Crippen MR) is 169 cm³/mol. The zero-order valence-corrected chi connectivity index (χ0v) is 26.9. The summed E-state index contributed by atoms with van der Waals surface area (Å²) < 4.78 is 5.51. The number of alkyl carbamates (subject to hydrolysis) is 1. The Morgan fingerprint density at radius 3 is 2.22 bits per heavy atom. The van der Waals surface area contributed by atoms with Crippen LogP contribution in [0.1, 0.15) is 110 Å². The molecule has 1 aromatic rings. The van der Waals surface area contributed by atoms with Gasteiger partial charge in [0.15, 0.2) is 0 Å². The lowest BCUT2D eigenvalue weighted by atomic mass is 9.93. The molecule has 1 aromatic carbocycles. The molecule has 0 spiro atoms. The molecule has 2 N–H and O–H groups in total. The molecule has 1 aliphatic rings. The van der Waals surface area contributed by atoms with E-state index >= 15 is 0 Å². The first-order valence-corrected chi connectivity index (χ1v) is 16.4. The average molecular weight is 586 g/mol. The molecule has 0 heterocycles. The SMILES string of the molecule is C#Cc1ccc(C(C(=O)NC2CCCCC2)N(C(=O)C(CCSC)NC(=O)OC(C)(C)C)C(C)CCC(C)C)cc1. The van der Waals surface area contributed by atoms with E-state index in [4.69, 9.17) is 11.2 Å². The normalized spacial score (nSPS) is 16.3. The van der Waals surface area contributed by atoms with Crippen LogP contribution in [0.25, 0.3) is 0 Å². The molecule has 2 rings (SSSR count). The fraction of sp³-hybridized carbons (Fsp3) is 0.667. The molecule has 0 bridgehead atoms. The highest BCUT2D eigenvalue weighted by Crippen LogP contribution is 2.29. The Bertz CT molecular complexity index is 1020. The van der Waals surface area contributed by atoms with Gasteiger partial charge in [-0.2, -0.15) is 11.8 Å². The molecule has 0 aliphatic heterocycles. The van der Waals surface area contributed by atoms with Crippen molar-refractivity contribution in [2.24, 2.45) is 5.92 Å². The number of nitrogens with one attached hydrogen (secondary N) is 2. The molecule has 3 amide bonds. The number of hydrogen-bond acceptors (Lipinski definition) is 5. The lowest BCUT2D eigenvalue weighted by Crippen LogP contribution is -2.56. The van der Waals surface area contributed by atoms with Crippen LogP contribution in [0.15, 0.2) is 24.3 Å². The quantitative estimate of drug-likeness (QED) is 0.260. The topological polar surface area (TPSA) is 87.7 Å². The van der Waals surface area contributed by atoms with E-state index in [9.17, 15) is 14.4 Å². The number of hydrogen-bond donors (Lipinski definition) is 2. The van der Waals surface area contributed by atoms with Gasteiger partial charge in [-0.3, -0.25) is 9.59 Å². The lowest BCUT2D eigenvalue weighted by Gasteiger charge is -2.39. The Balaban J connectivity index is 2.55. The highest BCUT2D eigenvalue weighted by Gasteiger charge is 2.39. The first-order valence-electron chi connectivity index (χ1n) is 15.0. The maximum atomic E-state index is 14.5. The predicted octanol–water partition coefficient (Wildman–Crippen LogP) is 6.46. The van der Waals surface area contributed by atoms with Crippen molar-refractivity contribution in [3.8, 4) is 12.3 Å². The van der Waals surface area contributed by atoms with Crippen LogP contribution < -0.4 is 10.6 Å². The number of terminal acetylenes is 1. The minimum Gasteiger partial charge on any atom is -0.444 e. The Morgan fingerprint density at radius 1 is 1.05 bits per heavy atom. The Morgan fingerprint density at radius 2 is 1.68 bits per heavy atom. The fourth-order valence-electron chi connectivity index (χ4n) is 5.16. The van der Waals surface area contributed by atoms with Crippen molar-refractivity contribution in [1.29, 1.82) is 0 Å². The Hall–Kier alpha value is -2.66. The van der Waals surface area contributed by atoms with Crippen molar-refractivity contribution in [1.82, 2.24) is 15.5 Å². The molecule has 228 valence electrons. The van der Waals surface area contributed by atoms with Gasteiger partial charge in [-0.25, -0.2) is 4.79 Å². The number of carbonyl (C=O) groups is 3. The van der Waals surface area contributed by atoms with Gasteiger partial charge in [0, 0.05) is 17.6 Å². The van der Waals surface area contributed by atoms with Crippen LogP contribution in [0.2, 0.25) is 0 Å². The second kappa shape index (κ2) is 16.7. The van der Waals surface area contributed by atoms with Crippen molar-refractivity contribution >= 4 is 29.7 Å². The van der Waals surface area contributed by atoms with Gasteiger partial charge < -0.3 is 20.3 Å². The Kier molecular flexibility index (Phi) is 14.1. The van der Waals surface area contributed by atoms with E-state index in [0.29, 0.717) is 29.2 Å². The van der Waals surface area contributed by atoms with Crippen LogP contribution in [0.3, 0.4) is 0 Å². The summed E-state index contributed by atoms with van der Waals surface area (Å²) in [6.07, 6.45) is 14.2. The minimum absolute atomic E-state index is 0.0823. The molecule has 0 radical (unpaired) electrons. The first-order chi connectivity index (χ1) is 19.4. The van der Waals surface area contributed by atoms with E-state index in [1.54, 1.807) is 37.4 Å². The molecule has 3 unspecified atom stereocenters. The number of benzene rings is 1. The van der Waals surface area contributed by atoms with Crippen molar-refractivity contribution in [3.63, 3.8) is 0 Å². The van der Waals surface area contributed by atoms with Gasteiger partial charge >= 0.3 is 6.09 Å². The summed E-state index contributed by atoms with van der Waals surface area (Å²) >= 11 is 1.60. The van der Waals surface area contributed by atoms with E-state index in [1.165, 1.54) is 6.42 Å². The van der Waals surface area contributed by atoms with Crippen molar-refractivity contribution < 1.29 is 19.1 Å². The van der Waals surface area contributed by atoms with Crippen LogP contribution in [0.4, 0.5) is 4.79 Å². The summed E-state index contributed by atoms with van der Waals surface area (Å²) in [4.78, 5) is 43.2. The van der Waals surface area contributed by atoms with E-state index < -0.39 is 23.8 Å². The standard InChI is InChI=1S/C33H51N3O4S/c1-9-25-17-19-26(20-18-25)29(30(37)34-27-13-11-10-12-14-27)36(24(4)16-15-23(2)3)31(38)28(21-22-41-8)35-32(39)40-33(5,6)7/h1,17-20,23-24,27-29H,10-16,21-22H2,2-8H3,(H,34,37)(H,35,39). The van der Waals surface area contributed by atoms with Gasteiger partial charge in [-0.1, -0.05) is 51.2 Å². The molecule has 8 heteroatoms. The van der Waals surface area contributed by atoms with E-state index in [2.05, 4.69) is 30.4 Å². The van der Waals surface area contributed by atoms with Gasteiger partial charge in [0.2, 0.25) is 11.8 Å². The van der Waals surface area contributed by atoms with Crippen LogP contribution in [0.5, 0.6) is 0 Å². The molecule has 7 nitrogen and oxygen atoms in total. The lowest BCUT2D eigenvalue weighted by molar-refractivity contribution is -0.145. The third-order valence-electron chi connectivity index (χ3n) is 7.36. The monoisotopic (exact) mass is 585 g/mol. The van der Waals surface area contributed by atoms with Crippen molar-refractivity contribution in [3.05, 3.63) is 35.4 Å². The van der Waals surface area contributed by atoms with Crippen LogP contribution in [-0.2, 0) is 14.3 Å². The van der Waals surface area contributed by atoms with Gasteiger partial charge in [-0.05, 0) is 95.4 Å². The molecule has 1 fully saturated rings. The van der Waals surface area contributed by atoms with E-state index in [-0.39, 0.29) is 23.9 Å². The molecule has 41 heavy (non-hydrogen) atoms. The zero-order valence-electron chi connectivity index (χ0n) is 26.1. The highest BCUT2D eigenvalue weighted by molar-refractivity contribution is 7.98. The summed E-state index contributed by atoms with van der Waals surface area (Å²) in [5.74, 6) is 3.25. The number of amides is 3. The first kappa shape index (κ1) is 34.5. The van der Waals surface area contributed by atoms with Crippen LogP contribution in [-0.4, -0.2) is 58.5 Å². The van der Waals surface area contributed by atoms with Gasteiger partial charge in [0.1, 0.15) is 17.7 Å². The summed E-state index contributed by atoms with van der Waals surface area (Å²) in [6, 6.07) is 5.42. The molecular weight excluding hydrogens is 534 g/mol. The smallest absolute Gasteiger partial charge is 0.408 e. The second-order valence-electron chi connectivity index (χ2n) is 12.6. The number of thioether (sulfide) groups is 1. The maximum Gasteiger partial charge on any atom is 0.408 e. The summed E-state index contributed by atoms with van der Waals surface area (Å²) in [5, 5.41) is 6.10. The number of rotatable bonds is 13. The van der Waals surface area contributed by atoms with Crippen molar-refractivity contribution in [2.45, 2.75) is 123 Å². The molecule has 1 aliphatic carbocycles. The molecule has 1 saturated carbocycles. The fourth-order valence-corrected chi connectivity index (χ4v) is 5.63. The van der Waals surface area contributed by atoms with Crippen molar-refractivity contribution in [2.75, 3.05) is 12.0 Å². The molecule has 0 saturated heterocycles. The number of carbonyl (C=O) groups excluding carboxylic acids is 3. The highest BCUT2D eigenvalue weighted by atomic mass is 32.2. The summed E-state index contributed by atoms with van der Waals surface area (Å²) in [6.45, 7) is 11.7. The van der Waals surface area contributed by atoms with Crippen LogP contribution in [0, 0.1) is 18.3 Å².